The van der Waals surface area contributed by atoms with Crippen LogP contribution in [0.3, 0.4) is 0 Å². The molecule has 3 aromatic heterocycles. The van der Waals surface area contributed by atoms with Crippen LogP contribution in [0.1, 0.15) is 0 Å². The second-order valence-electron chi connectivity index (χ2n) is 15.6. The summed E-state index contributed by atoms with van der Waals surface area (Å²) in [5, 5.41) is 4.87. The number of nitrogens with zero attached hydrogens (tertiary/aromatic N) is 4. The average Bonchev–Trinajstić information content (AvgIpc) is 3.91. The van der Waals surface area contributed by atoms with Crippen molar-refractivity contribution in [2.45, 2.75) is 0 Å². The zero-order chi connectivity index (χ0) is 41.0. The first-order chi connectivity index (χ1) is 30.7. The smallest absolute Gasteiger partial charge is 0.238 e. The van der Waals surface area contributed by atoms with E-state index in [0.29, 0.717) is 17.6 Å². The predicted molar refractivity (Wildman–Crippen MR) is 260 cm³/mol. The third-order valence-electron chi connectivity index (χ3n) is 11.9. The van der Waals surface area contributed by atoms with Crippen LogP contribution in [-0.4, -0.2) is 19.5 Å². The number of thiophene rings is 1. The van der Waals surface area contributed by atoms with Crippen molar-refractivity contribution < 1.29 is 0 Å². The second-order valence-corrected chi connectivity index (χ2v) is 16.6. The molecule has 4 nitrogen and oxygen atoms in total. The summed E-state index contributed by atoms with van der Waals surface area (Å²) in [5.74, 6) is 1.83. The largest absolute Gasteiger partial charge is 0.278 e. The van der Waals surface area contributed by atoms with Gasteiger partial charge in [-0.25, -0.2) is 4.98 Å². The van der Waals surface area contributed by atoms with E-state index in [1.54, 1.807) is 0 Å². The van der Waals surface area contributed by atoms with Crippen LogP contribution >= 0.6 is 11.3 Å². The van der Waals surface area contributed by atoms with E-state index >= 15 is 0 Å². The third kappa shape index (κ3) is 6.18. The maximum atomic E-state index is 5.25. The molecule has 12 aromatic rings. The maximum Gasteiger partial charge on any atom is 0.238 e. The number of para-hydroxylation sites is 1. The van der Waals surface area contributed by atoms with E-state index in [1.807, 2.05) is 29.5 Å². The zero-order valence-electron chi connectivity index (χ0n) is 33.5. The van der Waals surface area contributed by atoms with Gasteiger partial charge in [-0.2, -0.15) is 9.97 Å². The lowest BCUT2D eigenvalue weighted by atomic mass is 9.98. The molecule has 0 saturated carbocycles. The molecule has 0 aliphatic rings. The normalized spacial score (nSPS) is 11.5. The third-order valence-corrected chi connectivity index (χ3v) is 13.1. The SMILES string of the molecule is c1ccc(-c2ccc(-c3ccc4sc5c(-c6ccc(-c7nc(-c8ccccc8)nc(-n8c9ccccc9c9c(-c%10ccccc%10)cccc98)n7)cc6)cccc5c4c3)cc2)cc1. The second kappa shape index (κ2) is 14.9. The van der Waals surface area contributed by atoms with Gasteiger partial charge in [0.05, 0.1) is 11.0 Å². The first-order valence-corrected chi connectivity index (χ1v) is 21.7. The molecule has 0 unspecified atom stereocenters. The molecule has 0 fully saturated rings. The minimum atomic E-state index is 0.580. The van der Waals surface area contributed by atoms with Gasteiger partial charge in [0, 0.05) is 42.1 Å². The van der Waals surface area contributed by atoms with Crippen molar-refractivity contribution in [3.8, 4) is 73.2 Å². The Kier molecular flexibility index (Phi) is 8.65. The van der Waals surface area contributed by atoms with Gasteiger partial charge in [0.15, 0.2) is 11.6 Å². The summed E-state index contributed by atoms with van der Waals surface area (Å²) in [7, 11) is 0. The molecule has 3 heterocycles. The van der Waals surface area contributed by atoms with Gasteiger partial charge in [0.2, 0.25) is 5.95 Å². The highest BCUT2D eigenvalue weighted by molar-refractivity contribution is 7.26. The molecule has 290 valence electrons. The standard InChI is InChI=1S/C57H36N4S/c1-4-14-37(15-5-1)38-26-28-39(29-27-38)44-34-35-52-49(36-44)47-23-12-22-46(54(47)62-52)41-30-32-43(33-31-41)56-58-55(42-18-8-3-9-19-42)59-57(60-56)61-50-24-11-10-20-48(50)53-45(21-13-25-51(53)61)40-16-6-2-7-17-40/h1-36H. The monoisotopic (exact) mass is 808 g/mol. The van der Waals surface area contributed by atoms with Crippen LogP contribution in [0.2, 0.25) is 0 Å². The van der Waals surface area contributed by atoms with Crippen LogP contribution in [0, 0.1) is 0 Å². The van der Waals surface area contributed by atoms with Crippen LogP contribution in [0.5, 0.6) is 0 Å². The molecule has 12 rings (SSSR count). The van der Waals surface area contributed by atoms with Crippen molar-refractivity contribution in [2.24, 2.45) is 0 Å². The molecule has 62 heavy (non-hydrogen) atoms. The van der Waals surface area contributed by atoms with Crippen LogP contribution < -0.4 is 0 Å². The molecular weight excluding hydrogens is 773 g/mol. The van der Waals surface area contributed by atoms with Crippen molar-refractivity contribution in [1.29, 1.82) is 0 Å². The van der Waals surface area contributed by atoms with E-state index in [1.165, 1.54) is 64.5 Å². The Balaban J connectivity index is 0.944. The zero-order valence-corrected chi connectivity index (χ0v) is 34.3. The number of aromatic nitrogens is 4. The summed E-state index contributed by atoms with van der Waals surface area (Å²) in [5.41, 5.74) is 13.5. The molecule has 0 amide bonds. The predicted octanol–water partition coefficient (Wildman–Crippen LogP) is 15.3. The molecule has 0 bridgehead atoms. The highest BCUT2D eigenvalue weighted by Crippen LogP contribution is 2.42. The van der Waals surface area contributed by atoms with E-state index in [9.17, 15) is 0 Å². The lowest BCUT2D eigenvalue weighted by Crippen LogP contribution is -2.06. The molecular formula is C57H36N4S. The number of benzene rings is 9. The lowest BCUT2D eigenvalue weighted by molar-refractivity contribution is 0.953. The highest BCUT2D eigenvalue weighted by atomic mass is 32.1. The van der Waals surface area contributed by atoms with Gasteiger partial charge in [-0.3, -0.25) is 4.57 Å². The van der Waals surface area contributed by atoms with Crippen LogP contribution in [-0.2, 0) is 0 Å². The van der Waals surface area contributed by atoms with E-state index in [2.05, 4.69) is 205 Å². The number of hydrogen-bond donors (Lipinski definition) is 0. The Labute approximate surface area is 362 Å². The fourth-order valence-electron chi connectivity index (χ4n) is 8.89. The van der Waals surface area contributed by atoms with Crippen molar-refractivity contribution in [1.82, 2.24) is 19.5 Å². The van der Waals surface area contributed by atoms with Gasteiger partial charge in [-0.1, -0.05) is 194 Å². The summed E-state index contributed by atoms with van der Waals surface area (Å²) in [6.45, 7) is 0. The Hall–Kier alpha value is -7.99. The maximum absolute atomic E-state index is 5.25. The summed E-state index contributed by atoms with van der Waals surface area (Å²) in [6, 6.07) is 77.5. The van der Waals surface area contributed by atoms with Crippen LogP contribution in [0.15, 0.2) is 218 Å². The fraction of sp³-hybridized carbons (Fsp3) is 0. The fourth-order valence-corrected chi connectivity index (χ4v) is 10.1. The van der Waals surface area contributed by atoms with Gasteiger partial charge in [-0.15, -0.1) is 11.3 Å². The van der Waals surface area contributed by atoms with E-state index in [0.717, 1.165) is 33.1 Å². The minimum absolute atomic E-state index is 0.580. The molecule has 5 heteroatoms. The molecule has 0 saturated heterocycles. The average molecular weight is 809 g/mol. The van der Waals surface area contributed by atoms with Crippen molar-refractivity contribution in [3.63, 3.8) is 0 Å². The van der Waals surface area contributed by atoms with E-state index in [4.69, 9.17) is 15.0 Å². The van der Waals surface area contributed by atoms with Gasteiger partial charge in [0.25, 0.3) is 0 Å². The Morgan fingerprint density at radius 2 is 0.806 bits per heavy atom. The first-order valence-electron chi connectivity index (χ1n) is 20.8. The molecule has 0 spiro atoms. The highest BCUT2D eigenvalue weighted by Gasteiger charge is 2.20. The van der Waals surface area contributed by atoms with Crippen LogP contribution in [0.25, 0.3) is 115 Å². The topological polar surface area (TPSA) is 43.6 Å². The molecule has 0 atom stereocenters. The molecule has 0 aliphatic carbocycles. The van der Waals surface area contributed by atoms with Crippen molar-refractivity contribution in [3.05, 3.63) is 218 Å². The van der Waals surface area contributed by atoms with Crippen molar-refractivity contribution in [2.75, 3.05) is 0 Å². The quantitative estimate of drug-likeness (QED) is 0.161. The summed E-state index contributed by atoms with van der Waals surface area (Å²) >= 11 is 1.85. The lowest BCUT2D eigenvalue weighted by Gasteiger charge is -2.11. The number of rotatable bonds is 7. The van der Waals surface area contributed by atoms with Gasteiger partial charge >= 0.3 is 0 Å². The molecule has 0 aliphatic heterocycles. The van der Waals surface area contributed by atoms with Gasteiger partial charge in [-0.05, 0) is 68.8 Å². The van der Waals surface area contributed by atoms with Gasteiger partial charge < -0.3 is 0 Å². The van der Waals surface area contributed by atoms with Gasteiger partial charge in [0.1, 0.15) is 0 Å². The Morgan fingerprint density at radius 3 is 1.53 bits per heavy atom. The molecule has 9 aromatic carbocycles. The number of hydrogen-bond acceptors (Lipinski definition) is 4. The minimum Gasteiger partial charge on any atom is -0.278 e. The molecule has 0 radical (unpaired) electrons. The summed E-state index contributed by atoms with van der Waals surface area (Å²) in [4.78, 5) is 15.5. The Bertz CT molecular complexity index is 3590. The number of fused-ring (bicyclic) bond motifs is 6. The molecule has 0 N–H and O–H groups in total. The van der Waals surface area contributed by atoms with Crippen molar-refractivity contribution >= 4 is 53.3 Å². The summed E-state index contributed by atoms with van der Waals surface area (Å²) in [6.07, 6.45) is 0. The first kappa shape index (κ1) is 35.9. The van der Waals surface area contributed by atoms with E-state index in [-0.39, 0.29) is 0 Å². The summed E-state index contributed by atoms with van der Waals surface area (Å²) < 4.78 is 4.75. The van der Waals surface area contributed by atoms with E-state index < -0.39 is 0 Å². The Morgan fingerprint density at radius 1 is 0.323 bits per heavy atom. The van der Waals surface area contributed by atoms with Crippen LogP contribution in [0.4, 0.5) is 0 Å².